The fraction of sp³-hybridized carbons (Fsp3) is 0.455. The zero-order valence-corrected chi connectivity index (χ0v) is 8.15. The van der Waals surface area contributed by atoms with E-state index in [1.165, 1.54) is 0 Å². The second-order valence-corrected chi connectivity index (χ2v) is 3.16. The Labute approximate surface area is 79.2 Å². The molecule has 0 amide bonds. The first kappa shape index (κ1) is 10.0. The topological polar surface area (TPSA) is 3.24 Å². The molecule has 0 saturated carbocycles. The van der Waals surface area contributed by atoms with Crippen molar-refractivity contribution in [1.82, 2.24) is 4.90 Å². The third kappa shape index (κ3) is 2.00. The first-order valence-electron chi connectivity index (χ1n) is 4.66. The van der Waals surface area contributed by atoms with Crippen LogP contribution in [0.25, 0.3) is 0 Å². The Hall–Kier alpha value is -1.05. The van der Waals surface area contributed by atoms with Gasteiger partial charge in [-0.1, -0.05) is 13.2 Å². The summed E-state index contributed by atoms with van der Waals surface area (Å²) in [6.07, 6.45) is 3.51. The molecule has 1 rings (SSSR count). The largest absolute Gasteiger partial charge is 0.372 e. The monoisotopic (exact) mass is 181 g/mol. The molecule has 0 spiro atoms. The molecule has 13 heavy (non-hydrogen) atoms. The van der Waals surface area contributed by atoms with Crippen molar-refractivity contribution < 1.29 is 4.39 Å². The molecule has 0 bridgehead atoms. The molecule has 1 heterocycles. The lowest BCUT2D eigenvalue weighted by molar-refractivity contribution is 0.340. The highest BCUT2D eigenvalue weighted by atomic mass is 19.1. The van der Waals surface area contributed by atoms with Crippen LogP contribution in [0.4, 0.5) is 4.39 Å². The number of rotatable bonds is 3. The van der Waals surface area contributed by atoms with Gasteiger partial charge in [0.05, 0.1) is 0 Å². The maximum Gasteiger partial charge on any atom is 0.121 e. The number of hydrogen-bond acceptors (Lipinski definition) is 1. The molecule has 2 heteroatoms. The van der Waals surface area contributed by atoms with Crippen LogP contribution in [0.15, 0.2) is 36.3 Å². The summed E-state index contributed by atoms with van der Waals surface area (Å²) in [5.41, 5.74) is 1.64. The van der Waals surface area contributed by atoms with Gasteiger partial charge in [0, 0.05) is 24.4 Å². The molecule has 1 nitrogen and oxygen atoms in total. The number of nitrogens with zero attached hydrogens (tertiary/aromatic N) is 1. The Bertz CT molecular complexity index is 253. The predicted octanol–water partition coefficient (Wildman–Crippen LogP) is 3.03. The molecule has 0 radical (unpaired) electrons. The lowest BCUT2D eigenvalue weighted by atomic mass is 10.0. The van der Waals surface area contributed by atoms with Gasteiger partial charge in [-0.05, 0) is 25.8 Å². The van der Waals surface area contributed by atoms with Crippen molar-refractivity contribution in [2.75, 3.05) is 13.1 Å². The van der Waals surface area contributed by atoms with Crippen LogP contribution in [0.5, 0.6) is 0 Å². The first-order valence-corrected chi connectivity index (χ1v) is 4.66. The minimum absolute atomic E-state index is 0.312. The number of halogens is 1. The highest BCUT2D eigenvalue weighted by Crippen LogP contribution is 2.27. The molecule has 72 valence electrons. The molecular weight excluding hydrogens is 165 g/mol. The minimum Gasteiger partial charge on any atom is -0.372 e. The standard InChI is InChI=1S/C11H16FN/c1-4-11-10(9(3)12)7-6-8-13(11)5-2/h4H,1,3,5-8H2,2H3. The van der Waals surface area contributed by atoms with E-state index in [0.717, 1.165) is 37.2 Å². The van der Waals surface area contributed by atoms with Crippen molar-refractivity contribution in [2.24, 2.45) is 0 Å². The van der Waals surface area contributed by atoms with E-state index in [4.69, 9.17) is 0 Å². The maximum absolute atomic E-state index is 13.0. The van der Waals surface area contributed by atoms with Gasteiger partial charge in [0.2, 0.25) is 0 Å². The lowest BCUT2D eigenvalue weighted by Gasteiger charge is -2.30. The Morgan fingerprint density at radius 1 is 1.69 bits per heavy atom. The molecule has 0 unspecified atom stereocenters. The Kier molecular flexibility index (Phi) is 3.29. The van der Waals surface area contributed by atoms with Gasteiger partial charge in [-0.15, -0.1) is 0 Å². The summed E-state index contributed by atoms with van der Waals surface area (Å²) in [5, 5.41) is 0. The normalized spacial score (nSPS) is 17.5. The van der Waals surface area contributed by atoms with E-state index >= 15 is 0 Å². The van der Waals surface area contributed by atoms with E-state index in [2.05, 4.69) is 25.0 Å². The SMILES string of the molecule is C=CC1=C(C(=C)F)CCCN1CC. The summed E-state index contributed by atoms with van der Waals surface area (Å²) in [5.74, 6) is -0.312. The molecule has 0 aromatic rings. The molecule has 0 aromatic carbocycles. The van der Waals surface area contributed by atoms with Gasteiger partial charge in [0.25, 0.3) is 0 Å². The summed E-state index contributed by atoms with van der Waals surface area (Å²) in [6, 6.07) is 0. The second kappa shape index (κ2) is 4.26. The zero-order chi connectivity index (χ0) is 9.84. The van der Waals surface area contributed by atoms with Gasteiger partial charge in [-0.3, -0.25) is 0 Å². The van der Waals surface area contributed by atoms with Crippen molar-refractivity contribution in [3.63, 3.8) is 0 Å². The molecule has 0 aliphatic carbocycles. The van der Waals surface area contributed by atoms with Gasteiger partial charge < -0.3 is 4.90 Å². The second-order valence-electron chi connectivity index (χ2n) is 3.16. The molecule has 0 fully saturated rings. The Balaban J connectivity index is 3.01. The predicted molar refractivity (Wildman–Crippen MR) is 54.0 cm³/mol. The van der Waals surface area contributed by atoms with E-state index in [-0.39, 0.29) is 5.83 Å². The highest BCUT2D eigenvalue weighted by molar-refractivity contribution is 5.35. The molecule has 0 aromatic heterocycles. The Morgan fingerprint density at radius 3 is 2.85 bits per heavy atom. The van der Waals surface area contributed by atoms with E-state index in [1.807, 2.05) is 0 Å². The van der Waals surface area contributed by atoms with Crippen molar-refractivity contribution in [1.29, 1.82) is 0 Å². The summed E-state index contributed by atoms with van der Waals surface area (Å²) in [7, 11) is 0. The average molecular weight is 181 g/mol. The molecule has 1 aliphatic heterocycles. The third-order valence-electron chi connectivity index (χ3n) is 2.41. The molecule has 0 N–H and O–H groups in total. The van der Waals surface area contributed by atoms with Crippen molar-refractivity contribution in [3.8, 4) is 0 Å². The summed E-state index contributed by atoms with van der Waals surface area (Å²) in [6.45, 7) is 11.0. The Morgan fingerprint density at radius 2 is 2.38 bits per heavy atom. The lowest BCUT2D eigenvalue weighted by Crippen LogP contribution is -2.27. The van der Waals surface area contributed by atoms with Gasteiger partial charge in [-0.25, -0.2) is 4.39 Å². The van der Waals surface area contributed by atoms with Crippen molar-refractivity contribution >= 4 is 0 Å². The molecular formula is C11H16FN. The molecule has 0 saturated heterocycles. The van der Waals surface area contributed by atoms with Crippen LogP contribution in [0, 0.1) is 0 Å². The first-order chi connectivity index (χ1) is 6.20. The van der Waals surface area contributed by atoms with Crippen LogP contribution in [-0.4, -0.2) is 18.0 Å². The van der Waals surface area contributed by atoms with Crippen LogP contribution in [-0.2, 0) is 0 Å². The smallest absolute Gasteiger partial charge is 0.121 e. The van der Waals surface area contributed by atoms with E-state index in [1.54, 1.807) is 6.08 Å². The number of likely N-dealkylation sites (N-methyl/N-ethyl adjacent to an activating group) is 1. The van der Waals surface area contributed by atoms with Gasteiger partial charge >= 0.3 is 0 Å². The zero-order valence-electron chi connectivity index (χ0n) is 8.15. The summed E-state index contributed by atoms with van der Waals surface area (Å²) >= 11 is 0. The van der Waals surface area contributed by atoms with Gasteiger partial charge in [0.1, 0.15) is 5.83 Å². The third-order valence-corrected chi connectivity index (χ3v) is 2.41. The van der Waals surface area contributed by atoms with Crippen molar-refractivity contribution in [2.45, 2.75) is 19.8 Å². The average Bonchev–Trinajstić information content (AvgIpc) is 2.16. The fourth-order valence-corrected chi connectivity index (χ4v) is 1.74. The van der Waals surface area contributed by atoms with E-state index in [0.29, 0.717) is 0 Å². The van der Waals surface area contributed by atoms with Crippen LogP contribution in [0.1, 0.15) is 19.8 Å². The number of hydrogen-bond donors (Lipinski definition) is 0. The molecule has 0 atom stereocenters. The molecule has 1 aliphatic rings. The van der Waals surface area contributed by atoms with Crippen LogP contribution in [0.3, 0.4) is 0 Å². The van der Waals surface area contributed by atoms with Crippen molar-refractivity contribution in [3.05, 3.63) is 36.3 Å². The van der Waals surface area contributed by atoms with Crippen LogP contribution in [0.2, 0.25) is 0 Å². The quantitative estimate of drug-likeness (QED) is 0.647. The summed E-state index contributed by atoms with van der Waals surface area (Å²) < 4.78 is 13.0. The number of allylic oxidation sites excluding steroid dienone is 3. The highest BCUT2D eigenvalue weighted by Gasteiger charge is 2.18. The van der Waals surface area contributed by atoms with Crippen LogP contribution < -0.4 is 0 Å². The fourth-order valence-electron chi connectivity index (χ4n) is 1.74. The summed E-state index contributed by atoms with van der Waals surface area (Å²) in [4.78, 5) is 2.14. The minimum atomic E-state index is -0.312. The van der Waals surface area contributed by atoms with E-state index in [9.17, 15) is 4.39 Å². The van der Waals surface area contributed by atoms with E-state index < -0.39 is 0 Å². The van der Waals surface area contributed by atoms with Crippen LogP contribution >= 0.6 is 0 Å². The van der Waals surface area contributed by atoms with Gasteiger partial charge in [-0.2, -0.15) is 0 Å². The van der Waals surface area contributed by atoms with Gasteiger partial charge in [0.15, 0.2) is 0 Å². The maximum atomic E-state index is 13.0.